The highest BCUT2D eigenvalue weighted by molar-refractivity contribution is 6.31. The summed E-state index contributed by atoms with van der Waals surface area (Å²) in [6, 6.07) is 4.45. The molecule has 1 aromatic carbocycles. The number of nitrogens with two attached hydrogens (primary N) is 1. The summed E-state index contributed by atoms with van der Waals surface area (Å²) < 4.78 is 55.0. The van der Waals surface area contributed by atoms with Crippen molar-refractivity contribution in [1.29, 1.82) is 0 Å². The number of carbonyl (C=O) groups is 1. The number of likely N-dealkylation sites (tertiary alicyclic amines) is 1. The van der Waals surface area contributed by atoms with Gasteiger partial charge in [-0.3, -0.25) is 4.79 Å². The summed E-state index contributed by atoms with van der Waals surface area (Å²) in [4.78, 5) is 12.9. The van der Waals surface area contributed by atoms with Crippen molar-refractivity contribution >= 4 is 23.6 Å². The number of furan rings is 1. The van der Waals surface area contributed by atoms with E-state index < -0.39 is 17.6 Å². The van der Waals surface area contributed by atoms with Crippen molar-refractivity contribution in [1.82, 2.24) is 4.90 Å². The first kappa shape index (κ1) is 27.6. The van der Waals surface area contributed by atoms with Gasteiger partial charge in [0.25, 0.3) is 5.91 Å². The van der Waals surface area contributed by atoms with E-state index in [1.807, 2.05) is 6.07 Å². The van der Waals surface area contributed by atoms with Gasteiger partial charge in [-0.15, -0.1) is 0 Å². The minimum Gasteiger partial charge on any atom is -0.493 e. The fraction of sp³-hybridized carbons (Fsp3) is 0.458. The maximum atomic E-state index is 13.7. The molecule has 1 amide bonds. The molecule has 2 N–H and O–H groups in total. The van der Waals surface area contributed by atoms with Crippen LogP contribution in [0.2, 0.25) is 0 Å². The smallest absolute Gasteiger partial charge is 0.380 e. The van der Waals surface area contributed by atoms with Gasteiger partial charge in [0.1, 0.15) is 5.76 Å². The molecule has 0 spiro atoms. The number of methoxy groups -OCH3 is 2. The number of allylic oxidation sites excluding steroid dienone is 1. The van der Waals surface area contributed by atoms with Gasteiger partial charge in [-0.2, -0.15) is 8.78 Å². The van der Waals surface area contributed by atoms with E-state index in [9.17, 15) is 18.0 Å². The molecule has 2 heterocycles. The number of benzene rings is 1. The molecule has 34 heavy (non-hydrogen) atoms. The molecule has 1 aliphatic rings. The van der Waals surface area contributed by atoms with Crippen LogP contribution in [0, 0.1) is 12.7 Å². The minimum absolute atomic E-state index is 0.184. The number of hydrogen-bond donors (Lipinski definition) is 1. The third kappa shape index (κ3) is 7.17. The molecule has 1 aliphatic heterocycles. The highest BCUT2D eigenvalue weighted by atomic mass is 35.5. The van der Waals surface area contributed by atoms with E-state index in [4.69, 9.17) is 25.5 Å². The van der Waals surface area contributed by atoms with Crippen LogP contribution in [-0.4, -0.2) is 44.7 Å². The number of halogens is 4. The Bertz CT molecular complexity index is 1020. The van der Waals surface area contributed by atoms with Gasteiger partial charge in [0.15, 0.2) is 23.1 Å². The Balaban J connectivity index is 0.000000242. The Morgan fingerprint density at radius 3 is 2.44 bits per heavy atom. The lowest BCUT2D eigenvalue weighted by molar-refractivity contribution is -0.145. The second kappa shape index (κ2) is 12.2. The van der Waals surface area contributed by atoms with Gasteiger partial charge in [-0.25, -0.2) is 4.39 Å². The Kier molecular flexibility index (Phi) is 9.88. The molecule has 2 aromatic rings. The number of rotatable bonds is 9. The van der Waals surface area contributed by atoms with Crippen LogP contribution in [0.15, 0.2) is 27.6 Å². The second-order valence-electron chi connectivity index (χ2n) is 7.90. The number of amides is 1. The zero-order valence-corrected chi connectivity index (χ0v) is 20.5. The van der Waals surface area contributed by atoms with Crippen molar-refractivity contribution in [3.63, 3.8) is 0 Å². The lowest BCUT2D eigenvalue weighted by atomic mass is 10.1. The summed E-state index contributed by atoms with van der Waals surface area (Å²) in [5.41, 5.74) is 5.93. The van der Waals surface area contributed by atoms with Gasteiger partial charge in [-0.1, -0.05) is 11.6 Å². The first-order chi connectivity index (χ1) is 16.0. The molecule has 1 aromatic heterocycles. The lowest BCUT2D eigenvalue weighted by Crippen LogP contribution is -2.37. The van der Waals surface area contributed by atoms with E-state index >= 15 is 0 Å². The molecule has 0 atom stereocenters. The molecule has 0 bridgehead atoms. The maximum Gasteiger partial charge on any atom is 0.380 e. The van der Waals surface area contributed by atoms with Crippen molar-refractivity contribution in [2.75, 3.05) is 33.9 Å². The van der Waals surface area contributed by atoms with Crippen molar-refractivity contribution in [3.8, 4) is 11.5 Å². The van der Waals surface area contributed by atoms with Crippen LogP contribution in [0.1, 0.15) is 42.4 Å². The zero-order chi connectivity index (χ0) is 25.5. The van der Waals surface area contributed by atoms with Gasteiger partial charge >= 0.3 is 5.92 Å². The Morgan fingerprint density at radius 2 is 1.94 bits per heavy atom. The van der Waals surface area contributed by atoms with Crippen LogP contribution in [-0.2, 0) is 17.1 Å². The average Bonchev–Trinajstić information content (AvgIpc) is 3.10. The maximum absolute atomic E-state index is 13.7. The summed E-state index contributed by atoms with van der Waals surface area (Å²) in [7, 11) is 2.98. The molecule has 0 saturated carbocycles. The van der Waals surface area contributed by atoms with Crippen molar-refractivity contribution in [3.05, 3.63) is 51.7 Å². The third-order valence-electron chi connectivity index (χ3n) is 5.31. The summed E-state index contributed by atoms with van der Waals surface area (Å²) in [6.07, 6.45) is 4.69. The largest absolute Gasteiger partial charge is 0.493 e. The average molecular weight is 503 g/mol. The normalized spacial score (nSPS) is 14.2. The quantitative estimate of drug-likeness (QED) is 0.507. The number of nitrogens with zero attached hydrogens (tertiary/aromatic N) is 1. The molecule has 0 radical (unpaired) electrons. The topological polar surface area (TPSA) is 77.9 Å². The summed E-state index contributed by atoms with van der Waals surface area (Å²) in [5.74, 6) is -5.79. The molecule has 3 rings (SSSR count). The van der Waals surface area contributed by atoms with Crippen LogP contribution in [0.4, 0.5) is 13.2 Å². The van der Waals surface area contributed by atoms with E-state index in [0.29, 0.717) is 16.3 Å². The van der Waals surface area contributed by atoms with Gasteiger partial charge in [0.05, 0.1) is 14.2 Å². The van der Waals surface area contributed by atoms with Crippen molar-refractivity contribution in [2.45, 2.75) is 39.0 Å². The first-order valence-corrected chi connectivity index (χ1v) is 11.1. The first-order valence-electron chi connectivity index (χ1n) is 10.7. The van der Waals surface area contributed by atoms with Crippen molar-refractivity contribution in [2.24, 2.45) is 5.73 Å². The monoisotopic (exact) mass is 502 g/mol. The van der Waals surface area contributed by atoms with Crippen LogP contribution < -0.4 is 15.2 Å². The molecule has 1 saturated heterocycles. The SMILES string of the molecule is C/C(Cl)=C\c1cc(C(F)(F)C(N)=O)oc1C.COc1cc(CCCN2CCC2)cc(F)c1OC. The van der Waals surface area contributed by atoms with Gasteiger partial charge in [-0.05, 0) is 82.6 Å². The standard InChI is InChI=1S/C14H20FNO2.C10H10ClF2NO2/c1-17-13-10-11(9-12(15)14(13)18-2)5-3-6-16-7-4-8-16;1-5(11)3-7-4-8(16-6(7)2)10(12,13)9(14)15/h9-10H,3-8H2,1-2H3;3-4H,1-2H3,(H2,14,15)/b;5-3+. The number of aryl methyl sites for hydroxylation is 2. The van der Waals surface area contributed by atoms with E-state index in [1.54, 1.807) is 6.92 Å². The Labute approximate surface area is 202 Å². The second-order valence-corrected chi connectivity index (χ2v) is 8.50. The molecule has 0 aliphatic carbocycles. The fourth-order valence-electron chi connectivity index (χ4n) is 3.36. The number of ether oxygens (including phenoxy) is 2. The summed E-state index contributed by atoms with van der Waals surface area (Å²) in [6.45, 7) is 6.60. The molecular formula is C24H30ClF3N2O4. The van der Waals surface area contributed by atoms with Gasteiger partial charge < -0.3 is 24.5 Å². The van der Waals surface area contributed by atoms with Crippen LogP contribution in [0.25, 0.3) is 6.08 Å². The van der Waals surface area contributed by atoms with Crippen LogP contribution in [0.3, 0.4) is 0 Å². The van der Waals surface area contributed by atoms with E-state index in [2.05, 4.69) is 10.6 Å². The van der Waals surface area contributed by atoms with Crippen LogP contribution in [0.5, 0.6) is 11.5 Å². The third-order valence-corrected chi connectivity index (χ3v) is 5.42. The predicted molar refractivity (Wildman–Crippen MR) is 125 cm³/mol. The number of hydrogen-bond acceptors (Lipinski definition) is 5. The molecule has 188 valence electrons. The summed E-state index contributed by atoms with van der Waals surface area (Å²) >= 11 is 5.61. The van der Waals surface area contributed by atoms with E-state index in [-0.39, 0.29) is 17.3 Å². The molecular weight excluding hydrogens is 473 g/mol. The number of alkyl halides is 2. The minimum atomic E-state index is -3.81. The number of primary amides is 1. The fourth-order valence-corrected chi connectivity index (χ4v) is 3.48. The van der Waals surface area contributed by atoms with Gasteiger partial charge in [0.2, 0.25) is 0 Å². The van der Waals surface area contributed by atoms with Crippen LogP contribution >= 0.6 is 11.6 Å². The molecule has 1 fully saturated rings. The Morgan fingerprint density at radius 1 is 1.26 bits per heavy atom. The summed E-state index contributed by atoms with van der Waals surface area (Å²) in [5, 5.41) is 0.415. The molecule has 6 nitrogen and oxygen atoms in total. The highest BCUT2D eigenvalue weighted by Crippen LogP contribution is 2.33. The highest BCUT2D eigenvalue weighted by Gasteiger charge is 2.42. The zero-order valence-electron chi connectivity index (χ0n) is 19.7. The van der Waals surface area contributed by atoms with E-state index in [0.717, 1.165) is 31.0 Å². The van der Waals surface area contributed by atoms with E-state index in [1.165, 1.54) is 52.8 Å². The van der Waals surface area contributed by atoms with Gasteiger partial charge in [0, 0.05) is 10.6 Å². The predicted octanol–water partition coefficient (Wildman–Crippen LogP) is 5.25. The molecule has 0 unspecified atom stereocenters. The lowest BCUT2D eigenvalue weighted by Gasteiger charge is -2.30. The molecule has 10 heteroatoms. The Hall–Kier alpha value is -2.65. The van der Waals surface area contributed by atoms with Crippen molar-refractivity contribution < 1.29 is 31.9 Å². The number of carbonyl (C=O) groups excluding carboxylic acids is 1.